The fraction of sp³-hybridized carbons (Fsp3) is 1.00. The molecule has 80 valence electrons. The van der Waals surface area contributed by atoms with E-state index < -0.39 is 0 Å². The second-order valence-electron chi connectivity index (χ2n) is 3.99. The molecule has 5 nitrogen and oxygen atoms in total. The van der Waals surface area contributed by atoms with Gasteiger partial charge in [-0.15, -0.1) is 0 Å². The molecule has 0 bridgehead atoms. The number of rotatable bonds is 5. The molecule has 1 heterocycles. The van der Waals surface area contributed by atoms with E-state index in [-0.39, 0.29) is 0 Å². The molecule has 0 aliphatic carbocycles. The average Bonchev–Trinajstić information content (AvgIpc) is 2.52. The van der Waals surface area contributed by atoms with Gasteiger partial charge in [0.2, 0.25) is 0 Å². The third-order valence-electron chi connectivity index (χ3n) is 2.84. The van der Waals surface area contributed by atoms with Crippen molar-refractivity contribution in [3.63, 3.8) is 0 Å². The van der Waals surface area contributed by atoms with Gasteiger partial charge in [-0.2, -0.15) is 0 Å². The van der Waals surface area contributed by atoms with Gasteiger partial charge in [0, 0.05) is 30.6 Å². The lowest BCUT2D eigenvalue weighted by Gasteiger charge is -2.25. The van der Waals surface area contributed by atoms with Gasteiger partial charge >= 0.3 is 0 Å². The van der Waals surface area contributed by atoms with E-state index in [9.17, 15) is 0 Å². The normalized spacial score (nSPS) is 22.6. The maximum Gasteiger partial charge on any atom is 0.0385 e. The summed E-state index contributed by atoms with van der Waals surface area (Å²) in [6, 6.07) is 0.686. The van der Waals surface area contributed by atoms with Gasteiger partial charge in [-0.3, -0.25) is 0 Å². The van der Waals surface area contributed by atoms with Crippen LogP contribution in [0.3, 0.4) is 0 Å². The minimum absolute atomic E-state index is 0.573. The van der Waals surface area contributed by atoms with Gasteiger partial charge in [-0.1, -0.05) is 5.11 Å². The molecule has 1 rings (SSSR count). The maximum atomic E-state index is 8.14. The van der Waals surface area contributed by atoms with Crippen LogP contribution < -0.4 is 0 Å². The van der Waals surface area contributed by atoms with E-state index in [2.05, 4.69) is 33.9 Å². The number of azide groups is 1. The molecule has 0 amide bonds. The van der Waals surface area contributed by atoms with Gasteiger partial charge in [0.25, 0.3) is 0 Å². The SMILES string of the molecule is CN(CCN=[N+]=[N-])CC1CCCN1C. The second-order valence-corrected chi connectivity index (χ2v) is 3.99. The van der Waals surface area contributed by atoms with Crippen molar-refractivity contribution >= 4 is 0 Å². The zero-order valence-corrected chi connectivity index (χ0v) is 9.06. The molecular weight excluding hydrogens is 178 g/mol. The standard InChI is InChI=1S/C9H19N5/c1-13(7-5-11-12-10)8-9-4-3-6-14(9)2/h9H,3-8H2,1-2H3. The number of nitrogens with zero attached hydrogens (tertiary/aromatic N) is 5. The molecule has 0 aromatic carbocycles. The smallest absolute Gasteiger partial charge is 0.0385 e. The van der Waals surface area contributed by atoms with E-state index in [4.69, 9.17) is 5.53 Å². The third-order valence-corrected chi connectivity index (χ3v) is 2.84. The molecule has 0 aromatic rings. The second kappa shape index (κ2) is 5.86. The van der Waals surface area contributed by atoms with Crippen molar-refractivity contribution in [3.8, 4) is 0 Å². The molecule has 0 saturated carbocycles. The predicted octanol–water partition coefficient (Wildman–Crippen LogP) is 1.32. The summed E-state index contributed by atoms with van der Waals surface area (Å²) in [6.45, 7) is 3.73. The summed E-state index contributed by atoms with van der Waals surface area (Å²) in [6.07, 6.45) is 2.60. The number of hydrogen-bond acceptors (Lipinski definition) is 3. The highest BCUT2D eigenvalue weighted by Crippen LogP contribution is 2.15. The van der Waals surface area contributed by atoms with Crippen LogP contribution in [-0.4, -0.2) is 56.1 Å². The molecule has 1 aliphatic heterocycles. The highest BCUT2D eigenvalue weighted by atomic mass is 15.2. The van der Waals surface area contributed by atoms with Gasteiger partial charge in [-0.05, 0) is 39.0 Å². The van der Waals surface area contributed by atoms with E-state index >= 15 is 0 Å². The first-order chi connectivity index (χ1) is 6.74. The molecule has 0 aromatic heterocycles. The summed E-state index contributed by atoms with van der Waals surface area (Å²) in [5.41, 5.74) is 8.14. The van der Waals surface area contributed by atoms with Gasteiger partial charge in [0.1, 0.15) is 0 Å². The Morgan fingerprint density at radius 2 is 2.43 bits per heavy atom. The number of hydrogen-bond donors (Lipinski definition) is 0. The summed E-state index contributed by atoms with van der Waals surface area (Å²) in [5.74, 6) is 0. The van der Waals surface area contributed by atoms with Gasteiger partial charge < -0.3 is 9.80 Å². The molecule has 0 radical (unpaired) electrons. The van der Waals surface area contributed by atoms with E-state index in [1.54, 1.807) is 0 Å². The van der Waals surface area contributed by atoms with Gasteiger partial charge in [0.15, 0.2) is 0 Å². The van der Waals surface area contributed by atoms with Crippen molar-refractivity contribution in [2.75, 3.05) is 40.3 Å². The zero-order chi connectivity index (χ0) is 10.4. The molecule has 5 heteroatoms. The summed E-state index contributed by atoms with van der Waals surface area (Å²) >= 11 is 0. The first-order valence-electron chi connectivity index (χ1n) is 5.13. The Bertz CT molecular complexity index is 211. The lowest BCUT2D eigenvalue weighted by Crippen LogP contribution is -2.37. The molecular formula is C9H19N5. The molecule has 1 atom stereocenters. The number of likely N-dealkylation sites (tertiary alicyclic amines) is 1. The fourth-order valence-electron chi connectivity index (χ4n) is 1.92. The maximum absolute atomic E-state index is 8.14. The lowest BCUT2D eigenvalue weighted by molar-refractivity contribution is 0.223. The van der Waals surface area contributed by atoms with Crippen LogP contribution >= 0.6 is 0 Å². The molecule has 0 spiro atoms. The highest BCUT2D eigenvalue weighted by Gasteiger charge is 2.21. The van der Waals surface area contributed by atoms with Gasteiger partial charge in [-0.25, -0.2) is 0 Å². The Balaban J connectivity index is 2.18. The van der Waals surface area contributed by atoms with Crippen molar-refractivity contribution in [1.29, 1.82) is 0 Å². The fourth-order valence-corrected chi connectivity index (χ4v) is 1.92. The van der Waals surface area contributed by atoms with Crippen LogP contribution in [0.25, 0.3) is 10.4 Å². The highest BCUT2D eigenvalue weighted by molar-refractivity contribution is 4.78. The summed E-state index contributed by atoms with van der Waals surface area (Å²) in [5, 5.41) is 3.53. The monoisotopic (exact) mass is 197 g/mol. The van der Waals surface area contributed by atoms with Crippen molar-refractivity contribution in [1.82, 2.24) is 9.80 Å². The molecule has 1 saturated heterocycles. The van der Waals surface area contributed by atoms with Crippen molar-refractivity contribution in [2.24, 2.45) is 5.11 Å². The Morgan fingerprint density at radius 3 is 3.00 bits per heavy atom. The predicted molar refractivity (Wildman–Crippen MR) is 57.2 cm³/mol. The summed E-state index contributed by atoms with van der Waals surface area (Å²) < 4.78 is 0. The van der Waals surface area contributed by atoms with Crippen LogP contribution in [0.1, 0.15) is 12.8 Å². The first kappa shape index (κ1) is 11.3. The van der Waals surface area contributed by atoms with Crippen LogP contribution in [0.5, 0.6) is 0 Å². The first-order valence-corrected chi connectivity index (χ1v) is 5.13. The Kier molecular flexibility index (Phi) is 4.73. The lowest BCUT2D eigenvalue weighted by atomic mass is 10.2. The largest absolute Gasteiger partial charge is 0.305 e. The average molecular weight is 197 g/mol. The Hall–Kier alpha value is -0.770. The third kappa shape index (κ3) is 3.54. The van der Waals surface area contributed by atoms with E-state index in [0.717, 1.165) is 13.1 Å². The van der Waals surface area contributed by atoms with Gasteiger partial charge in [0.05, 0.1) is 0 Å². The van der Waals surface area contributed by atoms with Crippen LogP contribution in [0.2, 0.25) is 0 Å². The Labute approximate surface area is 85.3 Å². The quantitative estimate of drug-likeness (QED) is 0.379. The van der Waals surface area contributed by atoms with Crippen LogP contribution in [0, 0.1) is 0 Å². The molecule has 1 aliphatic rings. The molecule has 1 unspecified atom stereocenters. The zero-order valence-electron chi connectivity index (χ0n) is 9.06. The Morgan fingerprint density at radius 1 is 1.64 bits per heavy atom. The van der Waals surface area contributed by atoms with E-state index in [0.29, 0.717) is 12.6 Å². The summed E-state index contributed by atoms with van der Waals surface area (Å²) in [7, 11) is 4.26. The van der Waals surface area contributed by atoms with Crippen molar-refractivity contribution < 1.29 is 0 Å². The topological polar surface area (TPSA) is 55.2 Å². The summed E-state index contributed by atoms with van der Waals surface area (Å²) in [4.78, 5) is 7.39. The van der Waals surface area contributed by atoms with E-state index in [1.165, 1.54) is 19.4 Å². The number of likely N-dealkylation sites (N-methyl/N-ethyl adjacent to an activating group) is 2. The van der Waals surface area contributed by atoms with Crippen LogP contribution in [-0.2, 0) is 0 Å². The van der Waals surface area contributed by atoms with E-state index in [1.807, 2.05) is 0 Å². The molecule has 1 fully saturated rings. The van der Waals surface area contributed by atoms with Crippen molar-refractivity contribution in [3.05, 3.63) is 10.4 Å². The molecule has 14 heavy (non-hydrogen) atoms. The van der Waals surface area contributed by atoms with Crippen LogP contribution in [0.15, 0.2) is 5.11 Å². The molecule has 0 N–H and O–H groups in total. The minimum atomic E-state index is 0.573. The van der Waals surface area contributed by atoms with Crippen LogP contribution in [0.4, 0.5) is 0 Å². The van der Waals surface area contributed by atoms with Crippen molar-refractivity contribution in [2.45, 2.75) is 18.9 Å². The minimum Gasteiger partial charge on any atom is -0.305 e.